The van der Waals surface area contributed by atoms with Crippen LogP contribution in [-0.2, 0) is 0 Å². The molecule has 0 aliphatic rings. The summed E-state index contributed by atoms with van der Waals surface area (Å²) in [6.45, 7) is 0. The van der Waals surface area contributed by atoms with E-state index in [9.17, 15) is 0 Å². The summed E-state index contributed by atoms with van der Waals surface area (Å²) in [6, 6.07) is 3.39. The van der Waals surface area contributed by atoms with Gasteiger partial charge >= 0.3 is 0 Å². The first kappa shape index (κ1) is 10.2. The number of hydrogen-bond acceptors (Lipinski definition) is 6. The van der Waals surface area contributed by atoms with Crippen LogP contribution in [0.25, 0.3) is 0 Å². The molecule has 78 valence electrons. The van der Waals surface area contributed by atoms with E-state index in [1.807, 2.05) is 6.26 Å². The zero-order valence-corrected chi connectivity index (χ0v) is 9.49. The van der Waals surface area contributed by atoms with Crippen LogP contribution in [0.3, 0.4) is 0 Å². The molecule has 1 N–H and O–H groups in total. The Hall–Kier alpha value is -1.34. The molecular weight excluding hydrogens is 232 g/mol. The predicted octanol–water partition coefficient (Wildman–Crippen LogP) is 1.53. The fourth-order valence-electron chi connectivity index (χ4n) is 0.926. The van der Waals surface area contributed by atoms with Crippen LogP contribution < -0.4 is 5.36 Å². The third-order valence-electron chi connectivity index (χ3n) is 1.59. The minimum absolute atomic E-state index is 0.620. The fourth-order valence-corrected chi connectivity index (χ4v) is 2.08. The van der Waals surface area contributed by atoms with Gasteiger partial charge in [-0.05, 0) is 18.4 Å². The van der Waals surface area contributed by atoms with E-state index in [1.54, 1.807) is 23.9 Å². The van der Waals surface area contributed by atoms with Gasteiger partial charge in [0, 0.05) is 12.4 Å². The van der Waals surface area contributed by atoms with E-state index in [1.165, 1.54) is 23.7 Å². The molecule has 0 saturated heterocycles. The highest BCUT2D eigenvalue weighted by Crippen LogP contribution is 2.24. The Kier molecular flexibility index (Phi) is 3.02. The third kappa shape index (κ3) is 2.57. The van der Waals surface area contributed by atoms with Crippen LogP contribution in [0, 0.1) is 0 Å². The molecule has 0 atom stereocenters. The first-order valence-electron chi connectivity index (χ1n) is 4.08. The molecule has 0 fully saturated rings. The molecule has 0 aliphatic heterocycles. The number of rotatable bonds is 2. The summed E-state index contributed by atoms with van der Waals surface area (Å²) in [5.41, 5.74) is 0. The summed E-state index contributed by atoms with van der Waals surface area (Å²) in [7, 11) is 0. The normalized spacial score (nSPS) is 10.2. The first-order valence-corrected chi connectivity index (χ1v) is 6.12. The van der Waals surface area contributed by atoms with E-state index in [0.29, 0.717) is 5.13 Å². The Bertz CT molecular complexity index is 499. The molecular formula is C8H8N4OS2. The molecule has 7 heteroatoms. The van der Waals surface area contributed by atoms with Gasteiger partial charge in [0.25, 0.3) is 0 Å². The Morgan fingerprint density at radius 3 is 2.73 bits per heavy atom. The highest BCUT2D eigenvalue weighted by Gasteiger charge is 1.99. The maximum atomic E-state index is 9.01. The molecule has 5 nitrogen and oxygen atoms in total. The summed E-state index contributed by atoms with van der Waals surface area (Å²) in [5.74, 6) is 0. The Morgan fingerprint density at radius 2 is 2.13 bits per heavy atom. The molecule has 2 aromatic heterocycles. The monoisotopic (exact) mass is 240 g/mol. The minimum Gasteiger partial charge on any atom is -0.429 e. The lowest BCUT2D eigenvalue weighted by atomic mass is 10.5. The second-order valence-corrected chi connectivity index (χ2v) is 4.61. The van der Waals surface area contributed by atoms with E-state index in [0.717, 1.165) is 14.4 Å². The standard InChI is InChI=1S/C8H8N4OS2/c1-14-8-11-10-7(15-8)9-6-2-4-12(13)5-3-6/h2-5,13H,1H3. The highest BCUT2D eigenvalue weighted by atomic mass is 32.2. The molecule has 15 heavy (non-hydrogen) atoms. The summed E-state index contributed by atoms with van der Waals surface area (Å²) in [4.78, 5) is 4.26. The quantitative estimate of drug-likeness (QED) is 0.638. The number of pyridine rings is 1. The average Bonchev–Trinajstić information content (AvgIpc) is 2.69. The predicted molar refractivity (Wildman–Crippen MR) is 58.5 cm³/mol. The lowest BCUT2D eigenvalue weighted by Gasteiger charge is -1.92. The molecule has 2 rings (SSSR count). The van der Waals surface area contributed by atoms with Gasteiger partial charge in [-0.3, -0.25) is 0 Å². The van der Waals surface area contributed by atoms with E-state index < -0.39 is 0 Å². The van der Waals surface area contributed by atoms with E-state index in [4.69, 9.17) is 5.21 Å². The molecule has 0 bridgehead atoms. The van der Waals surface area contributed by atoms with Gasteiger partial charge < -0.3 is 5.21 Å². The van der Waals surface area contributed by atoms with E-state index in [-0.39, 0.29) is 0 Å². The van der Waals surface area contributed by atoms with E-state index in [2.05, 4.69) is 15.2 Å². The van der Waals surface area contributed by atoms with Crippen LogP contribution in [0.4, 0.5) is 5.13 Å². The van der Waals surface area contributed by atoms with Crippen molar-refractivity contribution in [2.45, 2.75) is 4.34 Å². The van der Waals surface area contributed by atoms with Crippen molar-refractivity contribution < 1.29 is 5.21 Å². The maximum Gasteiger partial charge on any atom is 0.232 e. The summed E-state index contributed by atoms with van der Waals surface area (Å²) in [5, 5.41) is 18.2. The SMILES string of the molecule is CSc1nnc(N=c2ccn(O)cc2)s1. The van der Waals surface area contributed by atoms with Crippen molar-refractivity contribution in [1.29, 1.82) is 0 Å². The number of aromatic nitrogens is 3. The van der Waals surface area contributed by atoms with Crippen LogP contribution in [-0.4, -0.2) is 26.4 Å². The molecule has 0 unspecified atom stereocenters. The van der Waals surface area contributed by atoms with E-state index >= 15 is 0 Å². The van der Waals surface area contributed by atoms with Crippen molar-refractivity contribution in [3.8, 4) is 0 Å². The number of thioether (sulfide) groups is 1. The van der Waals surface area contributed by atoms with Crippen molar-refractivity contribution in [2.24, 2.45) is 4.99 Å². The van der Waals surface area contributed by atoms with Gasteiger partial charge in [-0.1, -0.05) is 23.1 Å². The fraction of sp³-hybridized carbons (Fsp3) is 0.125. The molecule has 0 aliphatic carbocycles. The smallest absolute Gasteiger partial charge is 0.232 e. The van der Waals surface area contributed by atoms with Crippen LogP contribution in [0.5, 0.6) is 0 Å². The molecule has 0 aromatic carbocycles. The number of hydrogen-bond donors (Lipinski definition) is 1. The van der Waals surface area contributed by atoms with Crippen molar-refractivity contribution in [3.63, 3.8) is 0 Å². The van der Waals surface area contributed by atoms with Crippen LogP contribution in [0.1, 0.15) is 0 Å². The van der Waals surface area contributed by atoms with Crippen LogP contribution in [0.2, 0.25) is 0 Å². The second-order valence-electron chi connectivity index (χ2n) is 2.60. The largest absolute Gasteiger partial charge is 0.429 e. The van der Waals surface area contributed by atoms with Gasteiger partial charge in [-0.2, -0.15) is 0 Å². The first-order chi connectivity index (χ1) is 7.28. The summed E-state index contributed by atoms with van der Waals surface area (Å²) >= 11 is 2.98. The van der Waals surface area contributed by atoms with Crippen molar-refractivity contribution >= 4 is 28.2 Å². The van der Waals surface area contributed by atoms with Gasteiger partial charge in [0.15, 0.2) is 4.34 Å². The molecule has 0 radical (unpaired) electrons. The Labute approximate surface area is 94.1 Å². The number of nitrogens with zero attached hydrogens (tertiary/aromatic N) is 4. The molecule has 0 amide bonds. The van der Waals surface area contributed by atoms with Gasteiger partial charge in [0.2, 0.25) is 5.13 Å². The molecule has 0 saturated carbocycles. The summed E-state index contributed by atoms with van der Waals surface area (Å²) in [6.07, 6.45) is 4.96. The zero-order chi connectivity index (χ0) is 10.7. The Morgan fingerprint density at radius 1 is 1.40 bits per heavy atom. The zero-order valence-electron chi connectivity index (χ0n) is 7.86. The molecule has 2 aromatic rings. The Balaban J connectivity index is 2.33. The second kappa shape index (κ2) is 4.45. The lowest BCUT2D eigenvalue weighted by Crippen LogP contribution is -2.02. The van der Waals surface area contributed by atoms with Gasteiger partial charge in [-0.15, -0.1) is 10.2 Å². The van der Waals surface area contributed by atoms with Crippen molar-refractivity contribution in [1.82, 2.24) is 14.9 Å². The van der Waals surface area contributed by atoms with Crippen molar-refractivity contribution in [2.75, 3.05) is 6.26 Å². The van der Waals surface area contributed by atoms with Gasteiger partial charge in [-0.25, -0.2) is 9.72 Å². The van der Waals surface area contributed by atoms with Gasteiger partial charge in [0.1, 0.15) is 0 Å². The van der Waals surface area contributed by atoms with Crippen LogP contribution in [0.15, 0.2) is 33.9 Å². The van der Waals surface area contributed by atoms with Crippen molar-refractivity contribution in [3.05, 3.63) is 29.9 Å². The molecule has 2 heterocycles. The highest BCUT2D eigenvalue weighted by molar-refractivity contribution is 8.00. The van der Waals surface area contributed by atoms with Crippen LogP contribution >= 0.6 is 23.1 Å². The van der Waals surface area contributed by atoms with Gasteiger partial charge in [0.05, 0.1) is 5.36 Å². The minimum atomic E-state index is 0.620. The topological polar surface area (TPSA) is 63.3 Å². The third-order valence-corrected chi connectivity index (χ3v) is 3.38. The molecule has 0 spiro atoms. The lowest BCUT2D eigenvalue weighted by molar-refractivity contribution is 0.184. The summed E-state index contributed by atoms with van der Waals surface area (Å²) < 4.78 is 1.86. The average molecular weight is 240 g/mol. The maximum absolute atomic E-state index is 9.01.